The second-order valence-electron chi connectivity index (χ2n) is 5.47. The average molecular weight is 247 g/mol. The first-order valence-corrected chi connectivity index (χ1v) is 7.61. The molecule has 0 unspecified atom stereocenters. The Morgan fingerprint density at radius 2 is 1.83 bits per heavy atom. The zero-order chi connectivity index (χ0) is 13.1. The fraction of sp³-hybridized carbons (Fsp3) is 0.706. The van der Waals surface area contributed by atoms with E-state index in [0.717, 1.165) is 18.8 Å². The van der Waals surface area contributed by atoms with Crippen molar-refractivity contribution in [2.24, 2.45) is 10.9 Å². The maximum atomic E-state index is 4.14. The van der Waals surface area contributed by atoms with Crippen LogP contribution in [0.2, 0.25) is 0 Å². The second-order valence-corrected chi connectivity index (χ2v) is 5.47. The molecule has 0 amide bonds. The Hall–Kier alpha value is -0.850. The summed E-state index contributed by atoms with van der Waals surface area (Å²) in [7, 11) is 0. The molecule has 1 fully saturated rings. The molecule has 0 aromatic carbocycles. The molecule has 1 rings (SSSR count). The van der Waals surface area contributed by atoms with Gasteiger partial charge in [0.05, 0.1) is 0 Å². The van der Waals surface area contributed by atoms with Crippen molar-refractivity contribution in [1.29, 1.82) is 0 Å². The molecule has 0 aromatic rings. The highest BCUT2D eigenvalue weighted by Gasteiger charge is 2.11. The van der Waals surface area contributed by atoms with Crippen LogP contribution >= 0.6 is 0 Å². The van der Waals surface area contributed by atoms with Crippen LogP contribution in [0.3, 0.4) is 0 Å². The van der Waals surface area contributed by atoms with Gasteiger partial charge in [-0.1, -0.05) is 49.8 Å². The van der Waals surface area contributed by atoms with Crippen LogP contribution in [0.4, 0.5) is 0 Å². The average Bonchev–Trinajstić information content (AvgIpc) is 2.41. The van der Waals surface area contributed by atoms with Crippen LogP contribution in [-0.2, 0) is 0 Å². The van der Waals surface area contributed by atoms with Gasteiger partial charge < -0.3 is 0 Å². The van der Waals surface area contributed by atoms with E-state index >= 15 is 0 Å². The highest BCUT2D eigenvalue weighted by atomic mass is 14.7. The van der Waals surface area contributed by atoms with E-state index in [2.05, 4.69) is 24.1 Å². The maximum absolute atomic E-state index is 4.14. The van der Waals surface area contributed by atoms with Crippen LogP contribution in [0.1, 0.15) is 71.6 Å². The largest absolute Gasteiger partial charge is 0.269 e. The fourth-order valence-corrected chi connectivity index (χ4v) is 2.62. The standard InChI is InChI=1S/C17H29N/c1-3-18-15-16(2)11-7-4-5-8-12-17-13-9-6-10-14-17/h3-5,15,17H,6-14H2,1-2H3/b5-4-,16-15+,18-3?. The first kappa shape index (κ1) is 15.2. The van der Waals surface area contributed by atoms with E-state index in [1.807, 2.05) is 19.3 Å². The third-order valence-electron chi connectivity index (χ3n) is 3.78. The first-order chi connectivity index (χ1) is 8.83. The van der Waals surface area contributed by atoms with Gasteiger partial charge in [-0.25, -0.2) is 0 Å². The molecule has 0 spiro atoms. The van der Waals surface area contributed by atoms with Crippen LogP contribution in [0.5, 0.6) is 0 Å². The van der Waals surface area contributed by atoms with E-state index in [4.69, 9.17) is 0 Å². The zero-order valence-corrected chi connectivity index (χ0v) is 12.2. The lowest BCUT2D eigenvalue weighted by Crippen LogP contribution is -2.05. The van der Waals surface area contributed by atoms with Crippen molar-refractivity contribution in [2.45, 2.75) is 71.6 Å². The summed E-state index contributed by atoms with van der Waals surface area (Å²) in [6.45, 7) is 4.11. The summed E-state index contributed by atoms with van der Waals surface area (Å²) in [5.41, 5.74) is 1.37. The number of nitrogens with zero attached hydrogens (tertiary/aromatic N) is 1. The number of rotatable bonds is 7. The van der Waals surface area contributed by atoms with Gasteiger partial charge >= 0.3 is 0 Å². The molecule has 1 aliphatic carbocycles. The summed E-state index contributed by atoms with van der Waals surface area (Å²) in [4.78, 5) is 4.14. The van der Waals surface area contributed by atoms with Gasteiger partial charge in [0.25, 0.3) is 0 Å². The van der Waals surface area contributed by atoms with Gasteiger partial charge in [0.1, 0.15) is 0 Å². The third-order valence-corrected chi connectivity index (χ3v) is 3.78. The van der Waals surface area contributed by atoms with Gasteiger partial charge in [0.2, 0.25) is 0 Å². The molecular formula is C17H29N. The van der Waals surface area contributed by atoms with Gasteiger partial charge in [0, 0.05) is 12.4 Å². The number of aliphatic imine (C=N–C) groups is 1. The van der Waals surface area contributed by atoms with Crippen molar-refractivity contribution in [3.63, 3.8) is 0 Å². The Labute approximate surface area is 113 Å². The van der Waals surface area contributed by atoms with E-state index in [1.165, 1.54) is 50.5 Å². The van der Waals surface area contributed by atoms with Crippen LogP contribution in [-0.4, -0.2) is 6.21 Å². The van der Waals surface area contributed by atoms with Crippen molar-refractivity contribution < 1.29 is 0 Å². The lowest BCUT2D eigenvalue weighted by molar-refractivity contribution is 0.341. The van der Waals surface area contributed by atoms with Gasteiger partial charge in [-0.05, 0) is 45.4 Å². The Morgan fingerprint density at radius 1 is 1.11 bits per heavy atom. The van der Waals surface area contributed by atoms with Crippen molar-refractivity contribution in [3.05, 3.63) is 23.9 Å². The molecule has 0 heterocycles. The number of hydrogen-bond acceptors (Lipinski definition) is 1. The quantitative estimate of drug-likeness (QED) is 0.405. The molecule has 1 nitrogen and oxygen atoms in total. The number of allylic oxidation sites excluding steroid dienone is 3. The minimum Gasteiger partial charge on any atom is -0.269 e. The maximum Gasteiger partial charge on any atom is 0.0253 e. The van der Waals surface area contributed by atoms with E-state index in [9.17, 15) is 0 Å². The van der Waals surface area contributed by atoms with Crippen molar-refractivity contribution in [2.75, 3.05) is 0 Å². The smallest absolute Gasteiger partial charge is 0.0253 e. The van der Waals surface area contributed by atoms with Crippen LogP contribution in [0, 0.1) is 5.92 Å². The highest BCUT2D eigenvalue weighted by Crippen LogP contribution is 2.27. The van der Waals surface area contributed by atoms with Gasteiger partial charge in [-0.15, -0.1) is 0 Å². The lowest BCUT2D eigenvalue weighted by atomic mass is 9.86. The van der Waals surface area contributed by atoms with E-state index in [-0.39, 0.29) is 0 Å². The highest BCUT2D eigenvalue weighted by molar-refractivity contribution is 5.54. The Balaban J connectivity index is 2.03. The predicted octanol–water partition coefficient (Wildman–Crippen LogP) is 5.68. The molecule has 102 valence electrons. The Bertz CT molecular complexity index is 280. The van der Waals surface area contributed by atoms with Crippen LogP contribution < -0.4 is 0 Å². The SMILES string of the molecule is CC=N/C=C(\C)CC/C=C\CCC1CCCCC1. The molecule has 1 saturated carbocycles. The fourth-order valence-electron chi connectivity index (χ4n) is 2.62. The van der Waals surface area contributed by atoms with Crippen molar-refractivity contribution in [1.82, 2.24) is 0 Å². The molecule has 0 N–H and O–H groups in total. The summed E-state index contributed by atoms with van der Waals surface area (Å²) in [5, 5.41) is 0. The number of hydrogen-bond donors (Lipinski definition) is 0. The lowest BCUT2D eigenvalue weighted by Gasteiger charge is -2.20. The molecule has 0 bridgehead atoms. The molecular weight excluding hydrogens is 218 g/mol. The summed E-state index contributed by atoms with van der Waals surface area (Å²) in [6.07, 6.45) is 20.9. The summed E-state index contributed by atoms with van der Waals surface area (Å²) >= 11 is 0. The summed E-state index contributed by atoms with van der Waals surface area (Å²) in [6, 6.07) is 0. The second kappa shape index (κ2) is 10.1. The van der Waals surface area contributed by atoms with E-state index in [1.54, 1.807) is 0 Å². The normalized spacial score (nSPS) is 19.1. The van der Waals surface area contributed by atoms with Crippen LogP contribution in [0.15, 0.2) is 28.9 Å². The minimum atomic E-state index is 1.02. The molecule has 18 heavy (non-hydrogen) atoms. The Morgan fingerprint density at radius 3 is 2.56 bits per heavy atom. The molecule has 1 aliphatic rings. The summed E-state index contributed by atoms with van der Waals surface area (Å²) < 4.78 is 0. The van der Waals surface area contributed by atoms with Gasteiger partial charge in [0.15, 0.2) is 0 Å². The first-order valence-electron chi connectivity index (χ1n) is 7.61. The molecule has 1 heteroatoms. The van der Waals surface area contributed by atoms with E-state index in [0.29, 0.717) is 0 Å². The summed E-state index contributed by atoms with van der Waals surface area (Å²) in [5.74, 6) is 1.02. The molecule has 0 aromatic heterocycles. The zero-order valence-electron chi connectivity index (χ0n) is 12.2. The van der Waals surface area contributed by atoms with Crippen molar-refractivity contribution >= 4 is 6.21 Å². The van der Waals surface area contributed by atoms with Crippen LogP contribution in [0.25, 0.3) is 0 Å². The molecule has 0 atom stereocenters. The van der Waals surface area contributed by atoms with E-state index < -0.39 is 0 Å². The monoisotopic (exact) mass is 247 g/mol. The molecule has 0 aliphatic heterocycles. The van der Waals surface area contributed by atoms with Gasteiger partial charge in [-0.2, -0.15) is 0 Å². The topological polar surface area (TPSA) is 12.4 Å². The Kier molecular flexibility index (Phi) is 8.54. The van der Waals surface area contributed by atoms with Crippen molar-refractivity contribution in [3.8, 4) is 0 Å². The van der Waals surface area contributed by atoms with Gasteiger partial charge in [-0.3, -0.25) is 4.99 Å². The molecule has 0 radical (unpaired) electrons. The minimum absolute atomic E-state index is 1.02. The predicted molar refractivity (Wildman–Crippen MR) is 82.1 cm³/mol. The third kappa shape index (κ3) is 7.47. The molecule has 0 saturated heterocycles.